The SMILES string of the molecule is C=C(CCNC(=O)COc1ccc(Cl)cc1)N1CCN(c2ccc(Cl)cc2)C1=O. The van der Waals surface area contributed by atoms with E-state index in [2.05, 4.69) is 11.9 Å². The minimum atomic E-state index is -0.247. The van der Waals surface area contributed by atoms with Crippen LogP contribution >= 0.6 is 23.2 Å². The maximum absolute atomic E-state index is 12.7. The molecule has 2 aromatic rings. The molecule has 0 atom stereocenters. The van der Waals surface area contributed by atoms with Gasteiger partial charge in [0.05, 0.1) is 0 Å². The van der Waals surface area contributed by atoms with Crippen molar-refractivity contribution in [1.29, 1.82) is 0 Å². The third-order valence-electron chi connectivity index (χ3n) is 4.45. The Bertz CT molecular complexity index is 885. The number of nitrogens with one attached hydrogen (secondary N) is 1. The van der Waals surface area contributed by atoms with Gasteiger partial charge in [-0.15, -0.1) is 0 Å². The number of carbonyl (C=O) groups excluding carboxylic acids is 2. The first-order chi connectivity index (χ1) is 13.9. The maximum Gasteiger partial charge on any atom is 0.328 e. The van der Waals surface area contributed by atoms with Gasteiger partial charge < -0.3 is 10.1 Å². The highest BCUT2D eigenvalue weighted by Crippen LogP contribution is 2.24. The molecule has 1 saturated heterocycles. The number of nitrogens with zero attached hydrogens (tertiary/aromatic N) is 2. The Morgan fingerprint density at radius 3 is 2.31 bits per heavy atom. The Morgan fingerprint density at radius 1 is 1.03 bits per heavy atom. The van der Waals surface area contributed by atoms with Gasteiger partial charge in [-0.25, -0.2) is 4.79 Å². The second-order valence-corrected chi connectivity index (χ2v) is 7.34. The summed E-state index contributed by atoms with van der Waals surface area (Å²) in [5.41, 5.74) is 1.45. The molecule has 0 spiro atoms. The van der Waals surface area contributed by atoms with E-state index in [1.54, 1.807) is 46.2 Å². The molecule has 29 heavy (non-hydrogen) atoms. The highest BCUT2D eigenvalue weighted by Gasteiger charge is 2.30. The summed E-state index contributed by atoms with van der Waals surface area (Å²) in [7, 11) is 0. The molecule has 1 N–H and O–H groups in total. The first-order valence-corrected chi connectivity index (χ1v) is 9.87. The van der Waals surface area contributed by atoms with Crippen LogP contribution in [0.15, 0.2) is 60.8 Å². The number of hydrogen-bond acceptors (Lipinski definition) is 3. The minimum Gasteiger partial charge on any atom is -0.484 e. The van der Waals surface area contributed by atoms with E-state index in [4.69, 9.17) is 27.9 Å². The van der Waals surface area contributed by atoms with Gasteiger partial charge in [-0.2, -0.15) is 0 Å². The van der Waals surface area contributed by atoms with Crippen molar-refractivity contribution in [3.8, 4) is 5.75 Å². The molecule has 3 amide bonds. The monoisotopic (exact) mass is 433 g/mol. The fraction of sp³-hybridized carbons (Fsp3) is 0.238. The van der Waals surface area contributed by atoms with E-state index in [-0.39, 0.29) is 18.5 Å². The molecule has 1 fully saturated rings. The standard InChI is InChI=1S/C21H21Cl2N3O3/c1-15(10-11-24-20(27)14-29-19-8-4-17(23)5-9-19)25-12-13-26(21(25)28)18-6-2-16(22)3-7-18/h2-9H,1,10-14H2,(H,24,27). The van der Waals surface area contributed by atoms with Gasteiger partial charge in [-0.1, -0.05) is 29.8 Å². The van der Waals surface area contributed by atoms with Crippen LogP contribution in [-0.4, -0.2) is 43.1 Å². The maximum atomic E-state index is 12.7. The van der Waals surface area contributed by atoms with Gasteiger partial charge in [-0.05, 0) is 48.5 Å². The topological polar surface area (TPSA) is 61.9 Å². The summed E-state index contributed by atoms with van der Waals surface area (Å²) in [6, 6.07) is 13.8. The van der Waals surface area contributed by atoms with E-state index in [1.165, 1.54) is 0 Å². The fourth-order valence-corrected chi connectivity index (χ4v) is 3.15. The third-order valence-corrected chi connectivity index (χ3v) is 4.95. The van der Waals surface area contributed by atoms with Crippen molar-refractivity contribution < 1.29 is 14.3 Å². The molecule has 0 aromatic heterocycles. The number of benzene rings is 2. The van der Waals surface area contributed by atoms with Gasteiger partial charge in [0.15, 0.2) is 6.61 Å². The smallest absolute Gasteiger partial charge is 0.328 e. The van der Waals surface area contributed by atoms with E-state index >= 15 is 0 Å². The number of ether oxygens (including phenoxy) is 1. The first kappa shape index (κ1) is 21.0. The molecule has 0 unspecified atom stereocenters. The van der Waals surface area contributed by atoms with E-state index in [0.29, 0.717) is 47.5 Å². The van der Waals surface area contributed by atoms with E-state index in [1.807, 2.05) is 12.1 Å². The number of rotatable bonds is 8. The van der Waals surface area contributed by atoms with Crippen LogP contribution in [0.4, 0.5) is 10.5 Å². The van der Waals surface area contributed by atoms with Crippen LogP contribution in [0, 0.1) is 0 Å². The van der Waals surface area contributed by atoms with Crippen LogP contribution in [0.3, 0.4) is 0 Å². The predicted octanol–water partition coefficient (Wildman–Crippen LogP) is 4.33. The molecule has 8 heteroatoms. The molecule has 3 rings (SSSR count). The Balaban J connectivity index is 1.41. The van der Waals surface area contributed by atoms with Crippen LogP contribution in [0.25, 0.3) is 0 Å². The van der Waals surface area contributed by atoms with Gasteiger partial charge >= 0.3 is 6.03 Å². The van der Waals surface area contributed by atoms with Crippen molar-refractivity contribution >= 4 is 40.8 Å². The fourth-order valence-electron chi connectivity index (χ4n) is 2.90. The van der Waals surface area contributed by atoms with Crippen LogP contribution in [-0.2, 0) is 4.79 Å². The van der Waals surface area contributed by atoms with Gasteiger partial charge in [0.25, 0.3) is 5.91 Å². The zero-order chi connectivity index (χ0) is 20.8. The van der Waals surface area contributed by atoms with Crippen molar-refractivity contribution in [3.63, 3.8) is 0 Å². The average Bonchev–Trinajstić information content (AvgIpc) is 3.09. The lowest BCUT2D eigenvalue weighted by Gasteiger charge is -2.20. The summed E-state index contributed by atoms with van der Waals surface area (Å²) in [6.07, 6.45) is 0.465. The second kappa shape index (κ2) is 9.67. The first-order valence-electron chi connectivity index (χ1n) is 9.11. The Kier molecular flexibility index (Phi) is 7.01. The van der Waals surface area contributed by atoms with Crippen molar-refractivity contribution in [2.24, 2.45) is 0 Å². The molecule has 152 valence electrons. The molecule has 1 heterocycles. The zero-order valence-corrected chi connectivity index (χ0v) is 17.2. The van der Waals surface area contributed by atoms with Crippen molar-refractivity contribution in [3.05, 3.63) is 70.9 Å². The Morgan fingerprint density at radius 2 is 1.66 bits per heavy atom. The van der Waals surface area contributed by atoms with Gasteiger partial charge in [0, 0.05) is 47.5 Å². The highest BCUT2D eigenvalue weighted by molar-refractivity contribution is 6.30. The molecular weight excluding hydrogens is 413 g/mol. The Labute approximate surface area is 179 Å². The van der Waals surface area contributed by atoms with Crippen LogP contribution < -0.4 is 15.0 Å². The third kappa shape index (κ3) is 5.65. The normalized spacial score (nSPS) is 13.5. The Hall–Kier alpha value is -2.70. The molecule has 0 aliphatic carbocycles. The number of urea groups is 1. The summed E-state index contributed by atoms with van der Waals surface area (Å²) in [5.74, 6) is 0.321. The quantitative estimate of drug-likeness (QED) is 0.673. The summed E-state index contributed by atoms with van der Waals surface area (Å²) in [6.45, 7) is 5.38. The second-order valence-electron chi connectivity index (χ2n) is 6.47. The lowest BCUT2D eigenvalue weighted by Crippen LogP contribution is -2.34. The van der Waals surface area contributed by atoms with Gasteiger partial charge in [0.2, 0.25) is 0 Å². The molecule has 1 aliphatic rings. The van der Waals surface area contributed by atoms with E-state index < -0.39 is 0 Å². The number of anilines is 1. The van der Waals surface area contributed by atoms with Gasteiger partial charge in [0.1, 0.15) is 5.75 Å². The van der Waals surface area contributed by atoms with Crippen LogP contribution in [0.1, 0.15) is 6.42 Å². The molecule has 1 aliphatic heterocycles. The average molecular weight is 434 g/mol. The van der Waals surface area contributed by atoms with Crippen LogP contribution in [0.5, 0.6) is 5.75 Å². The number of halogens is 2. The molecule has 0 saturated carbocycles. The minimum absolute atomic E-state index is 0.0961. The highest BCUT2D eigenvalue weighted by atomic mass is 35.5. The molecule has 0 bridgehead atoms. The molecular formula is C21H21Cl2N3O3. The van der Waals surface area contributed by atoms with Crippen LogP contribution in [0.2, 0.25) is 10.0 Å². The molecule has 2 aromatic carbocycles. The van der Waals surface area contributed by atoms with Crippen molar-refractivity contribution in [2.45, 2.75) is 6.42 Å². The summed E-state index contributed by atoms with van der Waals surface area (Å²) < 4.78 is 5.39. The summed E-state index contributed by atoms with van der Waals surface area (Å²) in [5, 5.41) is 3.99. The molecule has 6 nitrogen and oxygen atoms in total. The van der Waals surface area contributed by atoms with Gasteiger partial charge in [-0.3, -0.25) is 14.6 Å². The van der Waals surface area contributed by atoms with Crippen molar-refractivity contribution in [2.75, 3.05) is 31.1 Å². The van der Waals surface area contributed by atoms with E-state index in [0.717, 1.165) is 5.69 Å². The van der Waals surface area contributed by atoms with Crippen molar-refractivity contribution in [1.82, 2.24) is 10.2 Å². The largest absolute Gasteiger partial charge is 0.484 e. The summed E-state index contributed by atoms with van der Waals surface area (Å²) >= 11 is 11.7. The lowest BCUT2D eigenvalue weighted by molar-refractivity contribution is -0.123. The zero-order valence-electron chi connectivity index (χ0n) is 15.7. The number of amides is 3. The lowest BCUT2D eigenvalue weighted by atomic mass is 10.3. The number of carbonyl (C=O) groups is 2. The summed E-state index contributed by atoms with van der Waals surface area (Å²) in [4.78, 5) is 27.9. The number of hydrogen-bond donors (Lipinski definition) is 1. The predicted molar refractivity (Wildman–Crippen MR) is 115 cm³/mol. The molecule has 0 radical (unpaired) electrons. The van der Waals surface area contributed by atoms with E-state index in [9.17, 15) is 9.59 Å².